The number of pyridine rings is 1. The zero-order valence-corrected chi connectivity index (χ0v) is 24.6. The van der Waals surface area contributed by atoms with Crippen molar-refractivity contribution in [2.75, 3.05) is 49.6 Å². The number of nitrogens with zero attached hydrogens (tertiary/aromatic N) is 5. The van der Waals surface area contributed by atoms with E-state index in [1.807, 2.05) is 36.4 Å². The Morgan fingerprint density at radius 1 is 1.05 bits per heavy atom. The van der Waals surface area contributed by atoms with Crippen molar-refractivity contribution in [1.82, 2.24) is 30.2 Å². The molecule has 2 saturated heterocycles. The SMILES string of the molecule is C=CC(=O)N[C@@H]1CCCN(C2(c3ccnc(C(=O)Nc4ccc(-c5cc6c(N7CCOCC7)ncnc6[nH]5)cc4)c3)CC2)C1. The lowest BCUT2D eigenvalue weighted by Gasteiger charge is -2.39. The lowest BCUT2D eigenvalue weighted by molar-refractivity contribution is -0.117. The van der Waals surface area contributed by atoms with Crippen LogP contribution in [0.5, 0.6) is 0 Å². The van der Waals surface area contributed by atoms with Gasteiger partial charge in [-0.3, -0.25) is 19.5 Å². The van der Waals surface area contributed by atoms with Crippen LogP contribution < -0.4 is 15.5 Å². The Balaban J connectivity index is 1.04. The molecule has 226 valence electrons. The van der Waals surface area contributed by atoms with Gasteiger partial charge >= 0.3 is 0 Å². The van der Waals surface area contributed by atoms with E-state index >= 15 is 0 Å². The Morgan fingerprint density at radius 2 is 1.86 bits per heavy atom. The number of carbonyl (C=O) groups is 2. The van der Waals surface area contributed by atoms with Gasteiger partial charge in [-0.05, 0) is 79.8 Å². The Hall–Kier alpha value is -4.61. The van der Waals surface area contributed by atoms with Crippen molar-refractivity contribution in [1.29, 1.82) is 0 Å². The van der Waals surface area contributed by atoms with Crippen LogP contribution in [-0.4, -0.2) is 82.1 Å². The standard InChI is InChI=1S/C33H36N8O3/c1-2-29(42)37-25-4-3-13-41(20-25)33(10-11-33)23-9-12-34-28(18-23)32(43)38-24-7-5-22(6-8-24)27-19-26-30(39-27)35-21-36-31(26)40-14-16-44-17-15-40/h2,5-9,12,18-19,21,25H,1,3-4,10-11,13-17,20H2,(H,37,42)(H,38,43)(H,35,36,39)/t25-/m1/s1. The fourth-order valence-corrected chi connectivity index (χ4v) is 6.53. The number of hydrogen-bond acceptors (Lipinski definition) is 8. The highest BCUT2D eigenvalue weighted by molar-refractivity contribution is 6.03. The molecule has 1 aromatic carbocycles. The van der Waals surface area contributed by atoms with Crippen LogP contribution in [0.25, 0.3) is 22.3 Å². The number of aromatic nitrogens is 4. The number of benzene rings is 1. The summed E-state index contributed by atoms with van der Waals surface area (Å²) in [5.41, 5.74) is 4.76. The normalized spacial score (nSPS) is 19.8. The van der Waals surface area contributed by atoms with Gasteiger partial charge in [0.15, 0.2) is 0 Å². The maximum absolute atomic E-state index is 13.3. The van der Waals surface area contributed by atoms with Gasteiger partial charge in [0.25, 0.3) is 5.91 Å². The maximum Gasteiger partial charge on any atom is 0.274 e. The average molecular weight is 593 g/mol. The summed E-state index contributed by atoms with van der Waals surface area (Å²) in [6, 6.07) is 13.8. The minimum Gasteiger partial charge on any atom is -0.378 e. The van der Waals surface area contributed by atoms with Crippen LogP contribution in [0.4, 0.5) is 11.5 Å². The molecule has 0 unspecified atom stereocenters. The summed E-state index contributed by atoms with van der Waals surface area (Å²) in [5, 5.41) is 7.04. The van der Waals surface area contributed by atoms with Crippen LogP contribution in [0, 0.1) is 0 Å². The molecular formula is C33H36N8O3. The molecule has 44 heavy (non-hydrogen) atoms. The van der Waals surface area contributed by atoms with Crippen molar-refractivity contribution in [3.63, 3.8) is 0 Å². The second-order valence-electron chi connectivity index (χ2n) is 11.7. The first-order chi connectivity index (χ1) is 21.5. The summed E-state index contributed by atoms with van der Waals surface area (Å²) in [6.45, 7) is 8.30. The maximum atomic E-state index is 13.3. The van der Waals surface area contributed by atoms with E-state index in [-0.39, 0.29) is 23.4 Å². The largest absolute Gasteiger partial charge is 0.378 e. The van der Waals surface area contributed by atoms with Gasteiger partial charge < -0.3 is 25.3 Å². The zero-order chi connectivity index (χ0) is 30.1. The number of nitrogens with one attached hydrogen (secondary N) is 3. The molecule has 3 N–H and O–H groups in total. The molecule has 0 spiro atoms. The van der Waals surface area contributed by atoms with Gasteiger partial charge in [-0.25, -0.2) is 9.97 Å². The highest BCUT2D eigenvalue weighted by Crippen LogP contribution is 2.51. The van der Waals surface area contributed by atoms with E-state index in [1.54, 1.807) is 12.5 Å². The number of anilines is 2. The van der Waals surface area contributed by atoms with E-state index in [4.69, 9.17) is 4.74 Å². The van der Waals surface area contributed by atoms with Crippen LogP contribution in [0.2, 0.25) is 0 Å². The molecule has 2 aliphatic heterocycles. The van der Waals surface area contributed by atoms with Crippen molar-refractivity contribution in [2.24, 2.45) is 0 Å². The van der Waals surface area contributed by atoms with E-state index in [0.717, 1.165) is 85.5 Å². The van der Waals surface area contributed by atoms with Crippen molar-refractivity contribution in [3.8, 4) is 11.3 Å². The summed E-state index contributed by atoms with van der Waals surface area (Å²) >= 11 is 0. The number of likely N-dealkylation sites (tertiary alicyclic amines) is 1. The monoisotopic (exact) mass is 592 g/mol. The van der Waals surface area contributed by atoms with Crippen molar-refractivity contribution in [3.05, 3.63) is 78.9 Å². The number of fused-ring (bicyclic) bond motifs is 1. The van der Waals surface area contributed by atoms with Crippen LogP contribution in [-0.2, 0) is 15.1 Å². The highest BCUT2D eigenvalue weighted by Gasteiger charge is 2.50. The lowest BCUT2D eigenvalue weighted by Crippen LogP contribution is -2.50. The number of piperidine rings is 1. The molecule has 0 radical (unpaired) electrons. The smallest absolute Gasteiger partial charge is 0.274 e. The Kier molecular flexibility index (Phi) is 7.57. The minimum absolute atomic E-state index is 0.100. The third-order valence-corrected chi connectivity index (χ3v) is 8.98. The molecule has 4 aromatic rings. The number of aromatic amines is 1. The molecule has 3 fully saturated rings. The van der Waals surface area contributed by atoms with Crippen LogP contribution in [0.3, 0.4) is 0 Å². The van der Waals surface area contributed by atoms with Gasteiger partial charge in [-0.1, -0.05) is 18.7 Å². The summed E-state index contributed by atoms with van der Waals surface area (Å²) in [5.74, 6) is 0.527. The molecule has 7 rings (SSSR count). The number of rotatable bonds is 8. The van der Waals surface area contributed by atoms with Crippen molar-refractivity contribution in [2.45, 2.75) is 37.3 Å². The van der Waals surface area contributed by atoms with Crippen molar-refractivity contribution >= 4 is 34.4 Å². The lowest BCUT2D eigenvalue weighted by atomic mass is 9.97. The third kappa shape index (κ3) is 5.56. The van der Waals surface area contributed by atoms with Gasteiger partial charge in [0.05, 0.1) is 18.6 Å². The number of ether oxygens (including phenoxy) is 1. The fourth-order valence-electron chi connectivity index (χ4n) is 6.53. The highest BCUT2D eigenvalue weighted by atomic mass is 16.5. The number of carbonyl (C=O) groups excluding carboxylic acids is 2. The van der Waals surface area contributed by atoms with Crippen LogP contribution >= 0.6 is 0 Å². The molecule has 11 heteroatoms. The number of amides is 2. The second-order valence-corrected chi connectivity index (χ2v) is 11.7. The first-order valence-corrected chi connectivity index (χ1v) is 15.3. The summed E-state index contributed by atoms with van der Waals surface area (Å²) in [6.07, 6.45) is 8.65. The van der Waals surface area contributed by atoms with E-state index in [2.05, 4.69) is 53.0 Å². The van der Waals surface area contributed by atoms with Gasteiger partial charge in [-0.2, -0.15) is 0 Å². The Labute approximate surface area is 255 Å². The zero-order valence-electron chi connectivity index (χ0n) is 24.6. The minimum atomic E-state index is -0.249. The summed E-state index contributed by atoms with van der Waals surface area (Å²) in [4.78, 5) is 46.6. The molecule has 2 amide bonds. The molecule has 1 saturated carbocycles. The average Bonchev–Trinajstić information content (AvgIpc) is 3.77. The predicted octanol–water partition coefficient (Wildman–Crippen LogP) is 3.86. The first kappa shape index (κ1) is 28.2. The molecule has 1 atom stereocenters. The van der Waals surface area contributed by atoms with Gasteiger partial charge in [-0.15, -0.1) is 0 Å². The van der Waals surface area contributed by atoms with E-state index < -0.39 is 0 Å². The van der Waals surface area contributed by atoms with E-state index in [9.17, 15) is 9.59 Å². The number of H-pyrrole nitrogens is 1. The molecule has 0 bridgehead atoms. The third-order valence-electron chi connectivity index (χ3n) is 8.98. The van der Waals surface area contributed by atoms with Gasteiger partial charge in [0.1, 0.15) is 23.5 Å². The Bertz CT molecular complexity index is 1690. The van der Waals surface area contributed by atoms with Gasteiger partial charge in [0, 0.05) is 48.8 Å². The van der Waals surface area contributed by atoms with Crippen LogP contribution in [0.1, 0.15) is 41.7 Å². The molecule has 5 heterocycles. The molecule has 1 aliphatic carbocycles. The molecular weight excluding hydrogens is 556 g/mol. The summed E-state index contributed by atoms with van der Waals surface area (Å²) in [7, 11) is 0. The quantitative estimate of drug-likeness (QED) is 0.263. The molecule has 3 aliphatic rings. The fraction of sp³-hybridized carbons (Fsp3) is 0.364. The van der Waals surface area contributed by atoms with Gasteiger partial charge in [0.2, 0.25) is 5.91 Å². The second kappa shape index (κ2) is 11.8. The first-order valence-electron chi connectivity index (χ1n) is 15.3. The number of hydrogen-bond donors (Lipinski definition) is 3. The van der Waals surface area contributed by atoms with Crippen LogP contribution in [0.15, 0.2) is 67.6 Å². The van der Waals surface area contributed by atoms with Crippen molar-refractivity contribution < 1.29 is 14.3 Å². The molecule has 11 nitrogen and oxygen atoms in total. The van der Waals surface area contributed by atoms with E-state index in [1.165, 1.54) is 6.08 Å². The molecule has 3 aromatic heterocycles. The Morgan fingerprint density at radius 3 is 2.64 bits per heavy atom. The van der Waals surface area contributed by atoms with E-state index in [0.29, 0.717) is 24.6 Å². The topological polar surface area (TPSA) is 128 Å². The predicted molar refractivity (Wildman–Crippen MR) is 168 cm³/mol. The summed E-state index contributed by atoms with van der Waals surface area (Å²) < 4.78 is 5.50. The number of morpholine rings is 1.